The van der Waals surface area contributed by atoms with Crippen molar-refractivity contribution in [1.82, 2.24) is 0 Å². The molecule has 0 unspecified atom stereocenters. The van der Waals surface area contributed by atoms with E-state index in [0.29, 0.717) is 0 Å². The van der Waals surface area contributed by atoms with Gasteiger partial charge in [0.05, 0.1) is 0 Å². The maximum atomic E-state index is 11.5. The predicted octanol–water partition coefficient (Wildman–Crippen LogP) is 18.1. The standard InChI is InChI=1S/C33H47N3.2C10H21.Ni/c1-6-8-9-10-11-12-13-14-15-16-20-31-27(4)32(29-18-17-19-30(25-29)35(5)7-2)36(34)33(31)28-23-21-26(3)22-24-28;2*1-3-5-7-9-10-8-6-4-2;/h17-19,21-25H,6-16,20H2,1-5H3;2*1,3-10H2,2H3;. The fraction of sp³-hybridized carbons (Fsp3) is 0.698. The van der Waals surface area contributed by atoms with Crippen LogP contribution in [0, 0.1) is 6.92 Å². The average Bonchev–Trinajstić information content (AvgIpc) is 3.47. The van der Waals surface area contributed by atoms with Gasteiger partial charge in [0.15, 0.2) is 0 Å². The maximum absolute atomic E-state index is 11.5. The van der Waals surface area contributed by atoms with E-state index in [2.05, 4.69) is 102 Å². The Morgan fingerprint density at radius 1 is 0.509 bits per heavy atom. The molecule has 0 atom stereocenters. The number of aryl methyl sites for hydroxylation is 1. The SMILES string of the molecule is CCCCCCCCCCCCC1=C(c2ccc(C)cc2)[N+](=[N-])C(c2cccc(N(C)CC)c2)=C1C.CCCCCCCCC[CH2][Ni][CH2]CCCCCCCCC. The number of hydrogen-bond acceptors (Lipinski definition) is 1. The van der Waals surface area contributed by atoms with Gasteiger partial charge in [0, 0.05) is 41.6 Å². The van der Waals surface area contributed by atoms with Crippen LogP contribution < -0.4 is 4.90 Å². The van der Waals surface area contributed by atoms with Gasteiger partial charge in [0.1, 0.15) is 0 Å². The van der Waals surface area contributed by atoms with Crippen LogP contribution in [0.25, 0.3) is 16.9 Å². The molecule has 1 aliphatic heterocycles. The van der Waals surface area contributed by atoms with Crippen molar-refractivity contribution < 1.29 is 19.1 Å². The molecule has 57 heavy (non-hydrogen) atoms. The fourth-order valence-corrected chi connectivity index (χ4v) is 9.13. The molecule has 0 spiro atoms. The minimum atomic E-state index is 0.916. The van der Waals surface area contributed by atoms with Crippen LogP contribution in [0.15, 0.2) is 59.7 Å². The Kier molecular flexibility index (Phi) is 30.1. The first kappa shape index (κ1) is 51.0. The van der Waals surface area contributed by atoms with Crippen molar-refractivity contribution in [2.45, 2.75) is 226 Å². The molecular weight excluding hydrogens is 737 g/mol. The summed E-state index contributed by atoms with van der Waals surface area (Å²) in [4.78, 5) is 2.23. The molecule has 2 aromatic rings. The van der Waals surface area contributed by atoms with Gasteiger partial charge in [0.2, 0.25) is 11.4 Å². The number of allylic oxidation sites excluding steroid dienone is 2. The van der Waals surface area contributed by atoms with E-state index in [9.17, 15) is 5.53 Å². The molecule has 0 saturated carbocycles. The number of hydrogen-bond donors (Lipinski definition) is 0. The Bertz CT molecular complexity index is 1350. The summed E-state index contributed by atoms with van der Waals surface area (Å²) in [7, 11) is 2.11. The zero-order chi connectivity index (χ0) is 41.4. The molecule has 326 valence electrons. The summed E-state index contributed by atoms with van der Waals surface area (Å²) in [5, 5.41) is 2.86. The number of nitrogens with zero attached hydrogens (tertiary/aromatic N) is 3. The van der Waals surface area contributed by atoms with Gasteiger partial charge in [-0.25, -0.2) is 4.70 Å². The summed E-state index contributed by atoms with van der Waals surface area (Å²) >= 11 is 2.02. The van der Waals surface area contributed by atoms with Crippen LogP contribution in [-0.2, 0) is 14.4 Å². The van der Waals surface area contributed by atoms with Gasteiger partial charge in [-0.3, -0.25) is 0 Å². The van der Waals surface area contributed by atoms with Crippen LogP contribution in [-0.4, -0.2) is 18.3 Å². The van der Waals surface area contributed by atoms with Crippen LogP contribution >= 0.6 is 0 Å². The molecule has 0 saturated heterocycles. The van der Waals surface area contributed by atoms with Crippen LogP contribution in [0.4, 0.5) is 5.69 Å². The van der Waals surface area contributed by atoms with Crippen molar-refractivity contribution in [3.05, 3.63) is 81.9 Å². The van der Waals surface area contributed by atoms with Gasteiger partial charge in [-0.05, 0) is 63.9 Å². The normalized spacial score (nSPS) is 12.9. The van der Waals surface area contributed by atoms with E-state index < -0.39 is 0 Å². The van der Waals surface area contributed by atoms with E-state index in [1.54, 1.807) is 0 Å². The second-order valence-electron chi connectivity index (χ2n) is 16.9. The Morgan fingerprint density at radius 3 is 1.40 bits per heavy atom. The second-order valence-corrected chi connectivity index (χ2v) is 18.4. The molecule has 1 heterocycles. The zero-order valence-corrected chi connectivity index (χ0v) is 39.5. The Hall–Kier alpha value is -2.19. The fourth-order valence-electron chi connectivity index (χ4n) is 7.90. The summed E-state index contributed by atoms with van der Waals surface area (Å²) in [6.07, 6.45) is 37.6. The molecule has 1 aliphatic rings. The third-order valence-electron chi connectivity index (χ3n) is 11.8. The summed E-state index contributed by atoms with van der Waals surface area (Å²) in [6, 6.07) is 17.1. The van der Waals surface area contributed by atoms with Crippen LogP contribution in [0.1, 0.15) is 225 Å². The third-order valence-corrected chi connectivity index (χ3v) is 13.2. The van der Waals surface area contributed by atoms with E-state index in [0.717, 1.165) is 41.9 Å². The first-order valence-corrected chi connectivity index (χ1v) is 25.6. The van der Waals surface area contributed by atoms with Crippen LogP contribution in [0.5, 0.6) is 0 Å². The van der Waals surface area contributed by atoms with Gasteiger partial charge in [-0.1, -0.05) is 88.5 Å². The first-order valence-electron chi connectivity index (χ1n) is 24.2. The molecule has 4 heteroatoms. The number of unbranched alkanes of at least 4 members (excludes halogenated alkanes) is 23. The molecule has 0 aliphatic carbocycles. The Balaban J connectivity index is 0.000000457. The predicted molar refractivity (Wildman–Crippen MR) is 251 cm³/mol. The van der Waals surface area contributed by atoms with Gasteiger partial charge in [0.25, 0.3) is 0 Å². The summed E-state index contributed by atoms with van der Waals surface area (Å²) in [5.74, 6) is 0. The van der Waals surface area contributed by atoms with E-state index in [1.165, 1.54) is 198 Å². The average molecular weight is 827 g/mol. The number of rotatable bonds is 33. The van der Waals surface area contributed by atoms with Crippen LogP contribution in [0.2, 0.25) is 10.8 Å². The Morgan fingerprint density at radius 2 is 0.947 bits per heavy atom. The van der Waals surface area contributed by atoms with E-state index in [4.69, 9.17) is 0 Å². The summed E-state index contributed by atoms with van der Waals surface area (Å²) in [5.41, 5.74) is 20.4. The van der Waals surface area contributed by atoms with Gasteiger partial charge < -0.3 is 10.4 Å². The Labute approximate surface area is 360 Å². The molecule has 0 amide bonds. The molecule has 3 rings (SSSR count). The van der Waals surface area contributed by atoms with Gasteiger partial charge >= 0.3 is 142 Å². The molecule has 0 N–H and O–H groups in total. The van der Waals surface area contributed by atoms with Crippen molar-refractivity contribution in [3.8, 4) is 0 Å². The van der Waals surface area contributed by atoms with Gasteiger partial charge in [-0.15, -0.1) is 0 Å². The van der Waals surface area contributed by atoms with Gasteiger partial charge in [-0.2, -0.15) is 0 Å². The van der Waals surface area contributed by atoms with Crippen molar-refractivity contribution >= 4 is 17.1 Å². The van der Waals surface area contributed by atoms with Crippen molar-refractivity contribution in [3.63, 3.8) is 0 Å². The van der Waals surface area contributed by atoms with E-state index in [-0.39, 0.29) is 0 Å². The topological polar surface area (TPSA) is 28.6 Å². The van der Waals surface area contributed by atoms with Crippen molar-refractivity contribution in [2.24, 2.45) is 0 Å². The van der Waals surface area contributed by atoms with E-state index in [1.807, 2.05) is 14.4 Å². The molecule has 3 nitrogen and oxygen atoms in total. The molecule has 0 aromatic heterocycles. The zero-order valence-electron chi connectivity index (χ0n) is 38.5. The quantitative estimate of drug-likeness (QED) is 0.0400. The number of anilines is 1. The van der Waals surface area contributed by atoms with Crippen molar-refractivity contribution in [2.75, 3.05) is 18.5 Å². The second kappa shape index (κ2) is 33.6. The van der Waals surface area contributed by atoms with E-state index >= 15 is 0 Å². The first-order chi connectivity index (χ1) is 27.9. The molecule has 0 radical (unpaired) electrons. The molecule has 2 aromatic carbocycles. The third kappa shape index (κ3) is 21.6. The monoisotopic (exact) mass is 826 g/mol. The number of benzene rings is 2. The summed E-state index contributed by atoms with van der Waals surface area (Å²) in [6.45, 7) is 14.3. The minimum absolute atomic E-state index is 0.916. The molecule has 0 bridgehead atoms. The summed E-state index contributed by atoms with van der Waals surface area (Å²) < 4.78 is 1.46. The van der Waals surface area contributed by atoms with Crippen LogP contribution in [0.3, 0.4) is 0 Å². The molecule has 0 fully saturated rings. The molecular formula is C53H89N3Ni. The van der Waals surface area contributed by atoms with Crippen molar-refractivity contribution in [1.29, 1.82) is 0 Å².